The van der Waals surface area contributed by atoms with Crippen molar-refractivity contribution in [3.63, 3.8) is 0 Å². The maximum Gasteiger partial charge on any atom is 0.0779 e. The minimum Gasteiger partial charge on any atom is -0.315 e. The number of nitrogens with zero attached hydrogens (tertiary/aromatic N) is 2. The molecule has 1 unspecified atom stereocenters. The van der Waals surface area contributed by atoms with Crippen molar-refractivity contribution in [2.45, 2.75) is 26.3 Å². The van der Waals surface area contributed by atoms with Gasteiger partial charge in [-0.3, -0.25) is 9.88 Å². The number of rotatable bonds is 3. The maximum absolute atomic E-state index is 4.74. The molecule has 1 aliphatic heterocycles. The van der Waals surface area contributed by atoms with E-state index in [0.29, 0.717) is 0 Å². The summed E-state index contributed by atoms with van der Waals surface area (Å²) in [6.07, 6.45) is 3.17. The van der Waals surface area contributed by atoms with Crippen molar-refractivity contribution < 1.29 is 0 Å². The lowest BCUT2D eigenvalue weighted by Crippen LogP contribution is -2.33. The molecular formula is C19H25N3. The predicted octanol–water partition coefficient (Wildman–Crippen LogP) is 3.08. The highest BCUT2D eigenvalue weighted by Crippen LogP contribution is 2.30. The van der Waals surface area contributed by atoms with Gasteiger partial charge in [0.05, 0.1) is 11.7 Å². The molecule has 3 rings (SSSR count). The van der Waals surface area contributed by atoms with E-state index in [1.54, 1.807) is 0 Å². The van der Waals surface area contributed by atoms with Crippen LogP contribution in [0.4, 0.5) is 0 Å². The largest absolute Gasteiger partial charge is 0.315 e. The quantitative estimate of drug-likeness (QED) is 0.943. The van der Waals surface area contributed by atoms with Crippen LogP contribution in [0, 0.1) is 13.8 Å². The third-order valence-corrected chi connectivity index (χ3v) is 4.44. The Bertz CT molecular complexity index is 598. The molecule has 0 spiro atoms. The molecule has 0 bridgehead atoms. The number of aryl methyl sites for hydroxylation is 2. The fraction of sp³-hybridized carbons (Fsp3) is 0.421. The third-order valence-electron chi connectivity index (χ3n) is 4.44. The zero-order valence-corrected chi connectivity index (χ0v) is 13.5. The highest BCUT2D eigenvalue weighted by Gasteiger charge is 2.25. The summed E-state index contributed by atoms with van der Waals surface area (Å²) in [5.41, 5.74) is 5.08. The second-order valence-corrected chi connectivity index (χ2v) is 6.16. The van der Waals surface area contributed by atoms with E-state index >= 15 is 0 Å². The molecule has 116 valence electrons. The summed E-state index contributed by atoms with van der Waals surface area (Å²) in [6.45, 7) is 8.63. The molecule has 0 aliphatic carbocycles. The fourth-order valence-electron chi connectivity index (χ4n) is 3.20. The molecular weight excluding hydrogens is 270 g/mol. The zero-order valence-electron chi connectivity index (χ0n) is 13.5. The van der Waals surface area contributed by atoms with Gasteiger partial charge in [0.25, 0.3) is 0 Å². The summed E-state index contributed by atoms with van der Waals surface area (Å²) in [6, 6.07) is 13.3. The highest BCUT2D eigenvalue weighted by molar-refractivity contribution is 5.35. The second-order valence-electron chi connectivity index (χ2n) is 6.16. The van der Waals surface area contributed by atoms with Gasteiger partial charge in [-0.15, -0.1) is 0 Å². The standard InChI is InChI=1S/C19H25N3/c1-15-8-9-18(21-14-15)19(17-7-4-3-6-16(17)2)22-12-5-10-20-11-13-22/h3-4,6-9,14,19-20H,5,10-13H2,1-2H3. The molecule has 1 fully saturated rings. The van der Waals surface area contributed by atoms with E-state index in [1.165, 1.54) is 23.1 Å². The topological polar surface area (TPSA) is 28.2 Å². The SMILES string of the molecule is Cc1ccc(C(c2ccccc2C)N2CCCNCC2)nc1. The van der Waals surface area contributed by atoms with Gasteiger partial charge in [-0.05, 0) is 49.6 Å². The Hall–Kier alpha value is -1.71. The van der Waals surface area contributed by atoms with Gasteiger partial charge in [0, 0.05) is 25.8 Å². The molecule has 0 radical (unpaired) electrons. The summed E-state index contributed by atoms with van der Waals surface area (Å²) in [5.74, 6) is 0. The van der Waals surface area contributed by atoms with Crippen molar-refractivity contribution in [2.75, 3.05) is 26.2 Å². The predicted molar refractivity (Wildman–Crippen MR) is 91.1 cm³/mol. The van der Waals surface area contributed by atoms with Gasteiger partial charge in [-0.25, -0.2) is 0 Å². The summed E-state index contributed by atoms with van der Waals surface area (Å²) in [7, 11) is 0. The van der Waals surface area contributed by atoms with E-state index in [2.05, 4.69) is 60.5 Å². The first-order valence-electron chi connectivity index (χ1n) is 8.18. The molecule has 1 aromatic heterocycles. The summed E-state index contributed by atoms with van der Waals surface area (Å²) in [4.78, 5) is 7.31. The van der Waals surface area contributed by atoms with Gasteiger partial charge in [0.2, 0.25) is 0 Å². The van der Waals surface area contributed by atoms with Crippen LogP contribution in [0.3, 0.4) is 0 Å². The lowest BCUT2D eigenvalue weighted by molar-refractivity contribution is 0.236. The van der Waals surface area contributed by atoms with E-state index in [-0.39, 0.29) is 6.04 Å². The van der Waals surface area contributed by atoms with Crippen LogP contribution in [0.15, 0.2) is 42.6 Å². The van der Waals surface area contributed by atoms with Crippen molar-refractivity contribution >= 4 is 0 Å². The van der Waals surface area contributed by atoms with Crippen LogP contribution in [-0.4, -0.2) is 36.1 Å². The zero-order chi connectivity index (χ0) is 15.4. The Labute approximate surface area is 133 Å². The highest BCUT2D eigenvalue weighted by atomic mass is 15.2. The van der Waals surface area contributed by atoms with Gasteiger partial charge in [0.15, 0.2) is 0 Å². The first-order chi connectivity index (χ1) is 10.8. The molecule has 2 aromatic rings. The molecule has 2 heterocycles. The van der Waals surface area contributed by atoms with Gasteiger partial charge >= 0.3 is 0 Å². The molecule has 0 amide bonds. The summed E-state index contributed by atoms with van der Waals surface area (Å²) in [5, 5.41) is 3.50. The van der Waals surface area contributed by atoms with Crippen LogP contribution < -0.4 is 5.32 Å². The number of hydrogen-bond donors (Lipinski definition) is 1. The maximum atomic E-state index is 4.74. The molecule has 1 aliphatic rings. The van der Waals surface area contributed by atoms with Crippen LogP contribution in [0.1, 0.15) is 34.8 Å². The van der Waals surface area contributed by atoms with Gasteiger partial charge < -0.3 is 5.32 Å². The van der Waals surface area contributed by atoms with Crippen molar-refractivity contribution in [1.29, 1.82) is 0 Å². The lowest BCUT2D eigenvalue weighted by Gasteiger charge is -2.31. The number of benzene rings is 1. The number of aromatic nitrogens is 1. The van der Waals surface area contributed by atoms with Gasteiger partial charge in [-0.2, -0.15) is 0 Å². The van der Waals surface area contributed by atoms with Gasteiger partial charge in [0.1, 0.15) is 0 Å². The smallest absolute Gasteiger partial charge is 0.0779 e. The summed E-state index contributed by atoms with van der Waals surface area (Å²) >= 11 is 0. The Morgan fingerprint density at radius 3 is 2.68 bits per heavy atom. The molecule has 3 heteroatoms. The normalized spacial score (nSPS) is 17.9. The monoisotopic (exact) mass is 295 g/mol. The number of hydrogen-bond acceptors (Lipinski definition) is 3. The van der Waals surface area contributed by atoms with Crippen LogP contribution in [-0.2, 0) is 0 Å². The molecule has 1 aromatic carbocycles. The van der Waals surface area contributed by atoms with Crippen molar-refractivity contribution in [2.24, 2.45) is 0 Å². The molecule has 22 heavy (non-hydrogen) atoms. The first-order valence-corrected chi connectivity index (χ1v) is 8.18. The number of nitrogens with one attached hydrogen (secondary N) is 1. The van der Waals surface area contributed by atoms with Crippen LogP contribution in [0.25, 0.3) is 0 Å². The van der Waals surface area contributed by atoms with E-state index in [1.807, 2.05) is 6.20 Å². The van der Waals surface area contributed by atoms with Gasteiger partial charge in [-0.1, -0.05) is 30.3 Å². The first kappa shape index (κ1) is 15.2. The average Bonchev–Trinajstić information content (AvgIpc) is 2.80. The Balaban J connectivity index is 2.01. The molecule has 1 N–H and O–H groups in total. The number of pyridine rings is 1. The molecule has 1 saturated heterocycles. The molecule has 0 saturated carbocycles. The lowest BCUT2D eigenvalue weighted by atomic mass is 9.96. The van der Waals surface area contributed by atoms with Crippen molar-refractivity contribution in [1.82, 2.24) is 15.2 Å². The van der Waals surface area contributed by atoms with Crippen LogP contribution in [0.2, 0.25) is 0 Å². The summed E-state index contributed by atoms with van der Waals surface area (Å²) < 4.78 is 0. The Morgan fingerprint density at radius 2 is 1.91 bits per heavy atom. The third kappa shape index (κ3) is 3.37. The minimum absolute atomic E-state index is 0.252. The van der Waals surface area contributed by atoms with Crippen molar-refractivity contribution in [3.05, 3.63) is 65.0 Å². The second kappa shape index (κ2) is 7.03. The van der Waals surface area contributed by atoms with Crippen LogP contribution >= 0.6 is 0 Å². The Morgan fingerprint density at radius 1 is 1.05 bits per heavy atom. The van der Waals surface area contributed by atoms with Crippen LogP contribution in [0.5, 0.6) is 0 Å². The van der Waals surface area contributed by atoms with E-state index in [0.717, 1.165) is 31.9 Å². The molecule has 3 nitrogen and oxygen atoms in total. The van der Waals surface area contributed by atoms with E-state index in [9.17, 15) is 0 Å². The fourth-order valence-corrected chi connectivity index (χ4v) is 3.20. The van der Waals surface area contributed by atoms with Crippen molar-refractivity contribution in [3.8, 4) is 0 Å². The Kier molecular flexibility index (Phi) is 4.86. The minimum atomic E-state index is 0.252. The van der Waals surface area contributed by atoms with E-state index in [4.69, 9.17) is 4.98 Å². The van der Waals surface area contributed by atoms with E-state index < -0.39 is 0 Å². The average molecular weight is 295 g/mol. The molecule has 1 atom stereocenters.